The summed E-state index contributed by atoms with van der Waals surface area (Å²) in [6.45, 7) is 5.72. The van der Waals surface area contributed by atoms with Gasteiger partial charge in [0.2, 0.25) is 10.0 Å². The van der Waals surface area contributed by atoms with E-state index in [1.54, 1.807) is 31.2 Å². The van der Waals surface area contributed by atoms with Crippen LogP contribution in [-0.4, -0.2) is 31.3 Å². The highest BCUT2D eigenvalue weighted by Crippen LogP contribution is 2.47. The minimum Gasteiger partial charge on any atom is -0.465 e. The van der Waals surface area contributed by atoms with Crippen LogP contribution in [-0.2, 0) is 19.6 Å². The zero-order valence-electron chi connectivity index (χ0n) is 15.1. The number of aryl methyl sites for hydroxylation is 1. The summed E-state index contributed by atoms with van der Waals surface area (Å²) in [7, 11) is -3.83. The third-order valence-corrected chi connectivity index (χ3v) is 6.69. The molecule has 138 valence electrons. The van der Waals surface area contributed by atoms with Crippen LogP contribution < -0.4 is 0 Å². The van der Waals surface area contributed by atoms with Crippen molar-refractivity contribution in [3.8, 4) is 0 Å². The van der Waals surface area contributed by atoms with Crippen LogP contribution >= 0.6 is 0 Å². The summed E-state index contributed by atoms with van der Waals surface area (Å²) < 4.78 is 33.0. The largest absolute Gasteiger partial charge is 0.465 e. The van der Waals surface area contributed by atoms with Gasteiger partial charge in [0.05, 0.1) is 17.5 Å². The highest BCUT2D eigenvalue weighted by atomic mass is 32.2. The summed E-state index contributed by atoms with van der Waals surface area (Å²) in [5.41, 5.74) is 1.85. The van der Waals surface area contributed by atoms with Gasteiger partial charge in [-0.1, -0.05) is 55.0 Å². The van der Waals surface area contributed by atoms with Gasteiger partial charge in [-0.2, -0.15) is 4.31 Å². The molecular weight excluding hydrogens is 350 g/mol. The zero-order chi connectivity index (χ0) is 18.9. The van der Waals surface area contributed by atoms with Crippen molar-refractivity contribution in [3.05, 3.63) is 65.7 Å². The fraction of sp³-hybridized carbons (Fsp3) is 0.350. The number of sulfonamides is 1. The van der Waals surface area contributed by atoms with E-state index in [0.717, 1.165) is 11.1 Å². The molecule has 3 rings (SSSR count). The molecule has 0 unspecified atom stereocenters. The van der Waals surface area contributed by atoms with Crippen LogP contribution in [0.1, 0.15) is 31.0 Å². The predicted octanol–water partition coefficient (Wildman–Crippen LogP) is 3.31. The van der Waals surface area contributed by atoms with Gasteiger partial charge in [0.1, 0.15) is 6.04 Å². The molecule has 1 fully saturated rings. The molecule has 2 aromatic rings. The summed E-state index contributed by atoms with van der Waals surface area (Å²) in [6.07, 6.45) is 0. The number of hydrogen-bond acceptors (Lipinski definition) is 4. The first kappa shape index (κ1) is 18.6. The van der Waals surface area contributed by atoms with Crippen molar-refractivity contribution >= 4 is 16.0 Å². The van der Waals surface area contributed by atoms with Gasteiger partial charge in [-0.05, 0) is 31.5 Å². The number of benzene rings is 2. The molecule has 0 aliphatic carbocycles. The molecule has 1 aliphatic heterocycles. The Morgan fingerprint density at radius 3 is 2.27 bits per heavy atom. The van der Waals surface area contributed by atoms with E-state index in [-0.39, 0.29) is 17.4 Å². The highest BCUT2D eigenvalue weighted by Gasteiger charge is 2.56. The van der Waals surface area contributed by atoms with Crippen LogP contribution in [0.15, 0.2) is 59.5 Å². The van der Waals surface area contributed by atoms with E-state index in [4.69, 9.17) is 4.74 Å². The third-order valence-electron chi connectivity index (χ3n) is 4.81. The summed E-state index contributed by atoms with van der Waals surface area (Å²) >= 11 is 0. The number of hydrogen-bond donors (Lipinski definition) is 0. The maximum Gasteiger partial charge on any atom is 0.324 e. The Balaban J connectivity index is 2.04. The van der Waals surface area contributed by atoms with Gasteiger partial charge in [0, 0.05) is 5.92 Å². The Hall–Kier alpha value is -2.18. The normalized spacial score (nSPS) is 23.3. The topological polar surface area (TPSA) is 63.7 Å². The Morgan fingerprint density at radius 1 is 1.08 bits per heavy atom. The summed E-state index contributed by atoms with van der Waals surface area (Å²) in [6, 6.07) is 14.9. The summed E-state index contributed by atoms with van der Waals surface area (Å²) in [5.74, 6) is -0.667. The van der Waals surface area contributed by atoms with Crippen LogP contribution in [0.25, 0.3) is 0 Å². The second kappa shape index (κ2) is 7.21. The standard InChI is InChI=1S/C20H23NO4S/c1-4-25-20(22)19-15(3)18(16-8-6-5-7-9-16)21(19)26(23,24)17-12-10-14(2)11-13-17/h5-13,15,18-19H,4H2,1-3H3/t15-,18-,19-/m1/s1. The second-order valence-corrected chi connectivity index (χ2v) is 8.40. The van der Waals surface area contributed by atoms with E-state index in [2.05, 4.69) is 0 Å². The minimum absolute atomic E-state index is 0.170. The molecule has 0 amide bonds. The van der Waals surface area contributed by atoms with Gasteiger partial charge < -0.3 is 4.74 Å². The molecule has 0 N–H and O–H groups in total. The first-order valence-corrected chi connectivity index (χ1v) is 10.1. The van der Waals surface area contributed by atoms with Gasteiger partial charge in [-0.3, -0.25) is 4.79 Å². The van der Waals surface area contributed by atoms with Crippen molar-refractivity contribution in [3.63, 3.8) is 0 Å². The molecule has 6 heteroatoms. The fourth-order valence-corrected chi connectivity index (χ4v) is 5.40. The molecule has 1 heterocycles. The Kier molecular flexibility index (Phi) is 5.16. The first-order valence-electron chi connectivity index (χ1n) is 8.69. The molecule has 0 aromatic heterocycles. The van der Waals surface area contributed by atoms with E-state index < -0.39 is 28.1 Å². The van der Waals surface area contributed by atoms with E-state index in [1.807, 2.05) is 44.2 Å². The smallest absolute Gasteiger partial charge is 0.324 e. The lowest BCUT2D eigenvalue weighted by atomic mass is 9.80. The molecule has 5 nitrogen and oxygen atoms in total. The fourth-order valence-electron chi connectivity index (χ4n) is 3.49. The van der Waals surface area contributed by atoms with Crippen LogP contribution in [0, 0.1) is 12.8 Å². The maximum absolute atomic E-state index is 13.3. The average molecular weight is 373 g/mol. The van der Waals surface area contributed by atoms with Gasteiger partial charge in [0.15, 0.2) is 0 Å². The van der Waals surface area contributed by atoms with Crippen molar-refractivity contribution in [2.75, 3.05) is 6.61 Å². The zero-order valence-corrected chi connectivity index (χ0v) is 15.9. The lowest BCUT2D eigenvalue weighted by Gasteiger charge is -2.51. The van der Waals surface area contributed by atoms with Crippen LogP contribution in [0.5, 0.6) is 0 Å². The predicted molar refractivity (Wildman–Crippen MR) is 99.0 cm³/mol. The van der Waals surface area contributed by atoms with E-state index >= 15 is 0 Å². The number of carbonyl (C=O) groups is 1. The van der Waals surface area contributed by atoms with Crippen LogP contribution in [0.3, 0.4) is 0 Å². The van der Waals surface area contributed by atoms with E-state index in [1.165, 1.54) is 4.31 Å². The van der Waals surface area contributed by atoms with E-state index in [0.29, 0.717) is 0 Å². The molecule has 0 bridgehead atoms. The molecule has 3 atom stereocenters. The van der Waals surface area contributed by atoms with Gasteiger partial charge >= 0.3 is 5.97 Å². The number of rotatable bonds is 5. The summed E-state index contributed by atoms with van der Waals surface area (Å²) in [4.78, 5) is 12.6. The molecule has 1 saturated heterocycles. The lowest BCUT2D eigenvalue weighted by Crippen LogP contribution is -2.63. The molecule has 2 aromatic carbocycles. The second-order valence-electron chi connectivity index (χ2n) is 6.56. The van der Waals surface area contributed by atoms with Gasteiger partial charge in [-0.25, -0.2) is 8.42 Å². The number of carbonyl (C=O) groups excluding carboxylic acids is 1. The highest BCUT2D eigenvalue weighted by molar-refractivity contribution is 7.89. The lowest BCUT2D eigenvalue weighted by molar-refractivity contribution is -0.158. The molecule has 0 saturated carbocycles. The number of ether oxygens (including phenoxy) is 1. The monoisotopic (exact) mass is 373 g/mol. The van der Waals surface area contributed by atoms with Crippen molar-refractivity contribution in [2.45, 2.75) is 37.8 Å². The molecule has 1 aliphatic rings. The Morgan fingerprint density at radius 2 is 1.69 bits per heavy atom. The SMILES string of the molecule is CCOC(=O)[C@H]1[C@H](C)[C@H](c2ccccc2)N1S(=O)(=O)c1ccc(C)cc1. The van der Waals surface area contributed by atoms with Crippen molar-refractivity contribution in [1.29, 1.82) is 0 Å². The van der Waals surface area contributed by atoms with Crippen LogP contribution in [0.2, 0.25) is 0 Å². The Labute approximate surface area is 154 Å². The van der Waals surface area contributed by atoms with Crippen LogP contribution in [0.4, 0.5) is 0 Å². The number of nitrogens with zero attached hydrogens (tertiary/aromatic N) is 1. The van der Waals surface area contributed by atoms with Gasteiger partial charge in [0.25, 0.3) is 0 Å². The first-order chi connectivity index (χ1) is 12.4. The average Bonchev–Trinajstić information content (AvgIpc) is 2.61. The minimum atomic E-state index is -3.83. The quantitative estimate of drug-likeness (QED) is 0.755. The Bertz CT molecular complexity index is 878. The molecular formula is C20H23NO4S. The molecule has 0 radical (unpaired) electrons. The molecule has 26 heavy (non-hydrogen) atoms. The van der Waals surface area contributed by atoms with Gasteiger partial charge in [-0.15, -0.1) is 0 Å². The molecule has 0 spiro atoms. The number of esters is 1. The van der Waals surface area contributed by atoms with Crippen molar-refractivity contribution in [1.82, 2.24) is 4.31 Å². The maximum atomic E-state index is 13.3. The third kappa shape index (κ3) is 3.15. The van der Waals surface area contributed by atoms with Crippen molar-refractivity contribution in [2.24, 2.45) is 5.92 Å². The summed E-state index contributed by atoms with van der Waals surface area (Å²) in [5, 5.41) is 0. The van der Waals surface area contributed by atoms with E-state index in [9.17, 15) is 13.2 Å². The van der Waals surface area contributed by atoms with Crippen molar-refractivity contribution < 1.29 is 17.9 Å².